The third-order valence-corrected chi connectivity index (χ3v) is 4.20. The number of amides is 1. The SMILES string of the molecule is Cc1cc(Br)ccc1Nc1nccc(C(=O)N2CCCC2)n1. The number of aryl methyl sites for hydroxylation is 1. The largest absolute Gasteiger partial charge is 0.337 e. The van der Waals surface area contributed by atoms with Crippen LogP contribution in [0.4, 0.5) is 11.6 Å². The molecule has 2 heterocycles. The Balaban J connectivity index is 1.80. The number of nitrogens with zero attached hydrogens (tertiary/aromatic N) is 3. The fourth-order valence-corrected chi connectivity index (χ4v) is 2.98. The van der Waals surface area contributed by atoms with Gasteiger partial charge in [0.1, 0.15) is 5.69 Å². The highest BCUT2D eigenvalue weighted by Gasteiger charge is 2.20. The summed E-state index contributed by atoms with van der Waals surface area (Å²) < 4.78 is 1.02. The smallest absolute Gasteiger partial charge is 0.272 e. The van der Waals surface area contributed by atoms with Gasteiger partial charge in [-0.2, -0.15) is 0 Å². The van der Waals surface area contributed by atoms with E-state index in [1.807, 2.05) is 30.0 Å². The minimum absolute atomic E-state index is 0.0181. The first-order valence-electron chi connectivity index (χ1n) is 7.29. The van der Waals surface area contributed by atoms with Crippen LogP contribution in [0.2, 0.25) is 0 Å². The fraction of sp³-hybridized carbons (Fsp3) is 0.312. The first-order chi connectivity index (χ1) is 10.6. The lowest BCUT2D eigenvalue weighted by Crippen LogP contribution is -2.28. The molecule has 1 aromatic carbocycles. The molecule has 3 rings (SSSR count). The van der Waals surface area contributed by atoms with Crippen LogP contribution in [0.25, 0.3) is 0 Å². The second kappa shape index (κ2) is 6.44. The molecule has 1 saturated heterocycles. The van der Waals surface area contributed by atoms with Gasteiger partial charge in [-0.3, -0.25) is 4.79 Å². The van der Waals surface area contributed by atoms with Crippen molar-refractivity contribution in [3.63, 3.8) is 0 Å². The molecule has 0 unspecified atom stereocenters. The highest BCUT2D eigenvalue weighted by molar-refractivity contribution is 9.10. The van der Waals surface area contributed by atoms with E-state index in [9.17, 15) is 4.79 Å². The summed E-state index contributed by atoms with van der Waals surface area (Å²) in [5, 5.41) is 3.17. The second-order valence-corrected chi connectivity index (χ2v) is 6.26. The number of benzene rings is 1. The van der Waals surface area contributed by atoms with Gasteiger partial charge in [-0.25, -0.2) is 9.97 Å². The predicted octanol–water partition coefficient (Wildman–Crippen LogP) is 3.53. The normalized spacial score (nSPS) is 14.2. The number of halogens is 1. The number of likely N-dealkylation sites (tertiary alicyclic amines) is 1. The Kier molecular flexibility index (Phi) is 4.38. The van der Waals surface area contributed by atoms with Gasteiger partial charge >= 0.3 is 0 Å². The molecule has 114 valence electrons. The number of anilines is 2. The lowest BCUT2D eigenvalue weighted by Gasteiger charge is -2.15. The molecule has 0 saturated carbocycles. The molecule has 1 aromatic heterocycles. The zero-order valence-electron chi connectivity index (χ0n) is 12.3. The number of hydrogen-bond donors (Lipinski definition) is 1. The van der Waals surface area contributed by atoms with Crippen molar-refractivity contribution in [2.75, 3.05) is 18.4 Å². The molecule has 5 nitrogen and oxygen atoms in total. The number of rotatable bonds is 3. The van der Waals surface area contributed by atoms with E-state index in [1.54, 1.807) is 12.3 Å². The molecular formula is C16H17BrN4O. The maximum atomic E-state index is 12.4. The molecule has 0 atom stereocenters. The van der Waals surface area contributed by atoms with E-state index < -0.39 is 0 Å². The van der Waals surface area contributed by atoms with Crippen molar-refractivity contribution in [3.8, 4) is 0 Å². The van der Waals surface area contributed by atoms with Crippen LogP contribution in [-0.4, -0.2) is 33.9 Å². The van der Waals surface area contributed by atoms with Gasteiger partial charge in [0.15, 0.2) is 0 Å². The summed E-state index contributed by atoms with van der Waals surface area (Å²) in [6.45, 7) is 3.64. The van der Waals surface area contributed by atoms with Gasteiger partial charge in [-0.1, -0.05) is 15.9 Å². The number of carbonyl (C=O) groups excluding carboxylic acids is 1. The molecule has 1 N–H and O–H groups in total. The molecule has 0 radical (unpaired) electrons. The quantitative estimate of drug-likeness (QED) is 0.909. The van der Waals surface area contributed by atoms with Crippen molar-refractivity contribution in [3.05, 3.63) is 46.2 Å². The van der Waals surface area contributed by atoms with Gasteiger partial charge in [-0.05, 0) is 49.6 Å². The van der Waals surface area contributed by atoms with E-state index in [0.717, 1.165) is 41.7 Å². The van der Waals surface area contributed by atoms with Gasteiger partial charge in [0.25, 0.3) is 5.91 Å². The monoisotopic (exact) mass is 360 g/mol. The van der Waals surface area contributed by atoms with E-state index in [4.69, 9.17) is 0 Å². The van der Waals surface area contributed by atoms with Crippen LogP contribution in [0.1, 0.15) is 28.9 Å². The molecule has 1 aliphatic heterocycles. The molecule has 6 heteroatoms. The molecule has 0 aliphatic carbocycles. The third-order valence-electron chi connectivity index (χ3n) is 3.70. The van der Waals surface area contributed by atoms with E-state index in [2.05, 4.69) is 31.2 Å². The molecule has 0 bridgehead atoms. The maximum absolute atomic E-state index is 12.4. The summed E-state index contributed by atoms with van der Waals surface area (Å²) in [6, 6.07) is 7.59. The van der Waals surface area contributed by atoms with Crippen LogP contribution in [0.15, 0.2) is 34.9 Å². The zero-order valence-corrected chi connectivity index (χ0v) is 13.9. The fourth-order valence-electron chi connectivity index (χ4n) is 2.51. The summed E-state index contributed by atoms with van der Waals surface area (Å²) in [5.74, 6) is 0.422. The van der Waals surface area contributed by atoms with Crippen LogP contribution >= 0.6 is 15.9 Å². The zero-order chi connectivity index (χ0) is 15.5. The predicted molar refractivity (Wildman–Crippen MR) is 89.3 cm³/mol. The van der Waals surface area contributed by atoms with Crippen LogP contribution in [0.5, 0.6) is 0 Å². The summed E-state index contributed by atoms with van der Waals surface area (Å²) in [5.41, 5.74) is 2.44. The Labute approximate surface area is 137 Å². The number of hydrogen-bond acceptors (Lipinski definition) is 4. The van der Waals surface area contributed by atoms with Gasteiger partial charge in [0.05, 0.1) is 0 Å². The number of aromatic nitrogens is 2. The van der Waals surface area contributed by atoms with Crippen molar-refractivity contribution in [2.24, 2.45) is 0 Å². The Bertz CT molecular complexity index is 698. The first-order valence-corrected chi connectivity index (χ1v) is 8.08. The van der Waals surface area contributed by atoms with E-state index in [-0.39, 0.29) is 5.91 Å². The molecule has 2 aromatic rings. The molecule has 0 spiro atoms. The van der Waals surface area contributed by atoms with Crippen molar-refractivity contribution >= 4 is 33.5 Å². The van der Waals surface area contributed by atoms with Crippen LogP contribution in [0.3, 0.4) is 0 Å². The van der Waals surface area contributed by atoms with Gasteiger partial charge in [0.2, 0.25) is 5.95 Å². The Morgan fingerprint density at radius 2 is 2.05 bits per heavy atom. The van der Waals surface area contributed by atoms with E-state index in [0.29, 0.717) is 11.6 Å². The highest BCUT2D eigenvalue weighted by atomic mass is 79.9. The highest BCUT2D eigenvalue weighted by Crippen LogP contribution is 2.22. The average Bonchev–Trinajstić information content (AvgIpc) is 3.04. The number of nitrogens with one attached hydrogen (secondary N) is 1. The Morgan fingerprint density at radius 3 is 2.77 bits per heavy atom. The van der Waals surface area contributed by atoms with E-state index >= 15 is 0 Å². The average molecular weight is 361 g/mol. The molecular weight excluding hydrogens is 344 g/mol. The first kappa shape index (κ1) is 15.0. The molecule has 1 fully saturated rings. The van der Waals surface area contributed by atoms with Crippen molar-refractivity contribution in [1.82, 2.24) is 14.9 Å². The lowest BCUT2D eigenvalue weighted by molar-refractivity contribution is 0.0787. The van der Waals surface area contributed by atoms with Crippen molar-refractivity contribution in [2.45, 2.75) is 19.8 Å². The second-order valence-electron chi connectivity index (χ2n) is 5.35. The molecule has 1 amide bonds. The van der Waals surface area contributed by atoms with E-state index in [1.165, 1.54) is 0 Å². The summed E-state index contributed by atoms with van der Waals surface area (Å²) >= 11 is 3.44. The Morgan fingerprint density at radius 1 is 1.27 bits per heavy atom. The summed E-state index contributed by atoms with van der Waals surface area (Å²) in [6.07, 6.45) is 3.76. The minimum atomic E-state index is -0.0181. The minimum Gasteiger partial charge on any atom is -0.337 e. The maximum Gasteiger partial charge on any atom is 0.272 e. The molecule has 1 aliphatic rings. The van der Waals surface area contributed by atoms with Crippen LogP contribution in [-0.2, 0) is 0 Å². The van der Waals surface area contributed by atoms with Crippen LogP contribution < -0.4 is 5.32 Å². The molecule has 22 heavy (non-hydrogen) atoms. The lowest BCUT2D eigenvalue weighted by atomic mass is 10.2. The summed E-state index contributed by atoms with van der Waals surface area (Å²) in [4.78, 5) is 22.8. The van der Waals surface area contributed by atoms with Gasteiger partial charge < -0.3 is 10.2 Å². The summed E-state index contributed by atoms with van der Waals surface area (Å²) in [7, 11) is 0. The number of carbonyl (C=O) groups is 1. The Hall–Kier alpha value is -1.95. The van der Waals surface area contributed by atoms with Gasteiger partial charge in [0, 0.05) is 29.4 Å². The topological polar surface area (TPSA) is 58.1 Å². The van der Waals surface area contributed by atoms with Gasteiger partial charge in [-0.15, -0.1) is 0 Å². The third kappa shape index (κ3) is 3.27. The van der Waals surface area contributed by atoms with Crippen LogP contribution in [0, 0.1) is 6.92 Å². The van der Waals surface area contributed by atoms with Crippen molar-refractivity contribution < 1.29 is 4.79 Å². The standard InChI is InChI=1S/C16H17BrN4O/c1-11-10-12(17)4-5-13(11)19-16-18-7-6-14(20-16)15(22)21-8-2-3-9-21/h4-7,10H,2-3,8-9H2,1H3,(H,18,19,20). The van der Waals surface area contributed by atoms with Crippen molar-refractivity contribution in [1.29, 1.82) is 0 Å².